The van der Waals surface area contributed by atoms with Crippen LogP contribution in [0.5, 0.6) is 0 Å². The van der Waals surface area contributed by atoms with Crippen LogP contribution >= 0.6 is 0 Å². The fourth-order valence-corrected chi connectivity index (χ4v) is 0.992. The van der Waals surface area contributed by atoms with Gasteiger partial charge in [0.05, 0.1) is 0 Å². The largest absolute Gasteiger partial charge is 2.00 e. The number of hydrogen-bond acceptors (Lipinski definition) is 0. The van der Waals surface area contributed by atoms with E-state index in [1.807, 2.05) is 12.2 Å². The van der Waals surface area contributed by atoms with E-state index < -0.39 is 0 Å². The fraction of sp³-hybridized carbons (Fsp3) is 0.333. The second-order valence-corrected chi connectivity index (χ2v) is 3.06. The smallest absolute Gasteiger partial charge is 0.253 e. The van der Waals surface area contributed by atoms with Gasteiger partial charge in [-0.3, -0.25) is 12.2 Å². The first-order valence-corrected chi connectivity index (χ1v) is 4.27. The molecule has 0 unspecified atom stereocenters. The fourth-order valence-electron chi connectivity index (χ4n) is 0.992. The van der Waals surface area contributed by atoms with Crippen LogP contribution in [0.25, 0.3) is 0 Å². The Balaban J connectivity index is 0.000000206. The summed E-state index contributed by atoms with van der Waals surface area (Å²) < 4.78 is 0. The third-order valence-corrected chi connectivity index (χ3v) is 1.74. The molecule has 2 aliphatic carbocycles. The van der Waals surface area contributed by atoms with Crippen LogP contribution in [0, 0.1) is 12.2 Å². The van der Waals surface area contributed by atoms with Crippen LogP contribution in [-0.2, 0) is 17.1 Å². The van der Waals surface area contributed by atoms with Crippen molar-refractivity contribution in [2.75, 3.05) is 0 Å². The van der Waals surface area contributed by atoms with Gasteiger partial charge in [-0.05, 0) is 0 Å². The molecule has 0 aromatic rings. The van der Waals surface area contributed by atoms with Crippen molar-refractivity contribution in [1.29, 1.82) is 0 Å². The Kier molecular flexibility index (Phi) is 6.66. The summed E-state index contributed by atoms with van der Waals surface area (Å²) in [5.41, 5.74) is 2.69. The Labute approximate surface area is 91.6 Å². The van der Waals surface area contributed by atoms with E-state index in [0.29, 0.717) is 0 Å². The Bertz CT molecular complexity index is 226. The minimum atomic E-state index is 0. The summed E-state index contributed by atoms with van der Waals surface area (Å²) in [5, 5.41) is 0. The van der Waals surface area contributed by atoms with Gasteiger partial charge in [-0.25, -0.2) is 24.3 Å². The number of rotatable bonds is 0. The molecule has 70 valence electrons. The van der Waals surface area contributed by atoms with Gasteiger partial charge in [0.2, 0.25) is 0 Å². The number of allylic oxidation sites excluding steroid dienone is 8. The van der Waals surface area contributed by atoms with Gasteiger partial charge >= 0.3 is 17.1 Å². The average molecular weight is 214 g/mol. The van der Waals surface area contributed by atoms with Crippen molar-refractivity contribution in [2.45, 2.75) is 26.7 Å². The van der Waals surface area contributed by atoms with Crippen molar-refractivity contribution < 1.29 is 17.1 Å². The summed E-state index contributed by atoms with van der Waals surface area (Å²) in [6, 6.07) is 0. The van der Waals surface area contributed by atoms with Gasteiger partial charge in [0.1, 0.15) is 0 Å². The Hall–Kier alpha value is -0.521. The molecule has 0 atom stereocenters. The zero-order chi connectivity index (χ0) is 8.81. The molecule has 0 amide bonds. The Morgan fingerprint density at radius 1 is 0.923 bits per heavy atom. The van der Waals surface area contributed by atoms with Crippen molar-refractivity contribution in [3.63, 3.8) is 0 Å². The molecule has 1 heteroatoms. The summed E-state index contributed by atoms with van der Waals surface area (Å²) >= 11 is 0. The van der Waals surface area contributed by atoms with E-state index in [0.717, 1.165) is 12.8 Å². The summed E-state index contributed by atoms with van der Waals surface area (Å²) in [5.74, 6) is 0. The van der Waals surface area contributed by atoms with Crippen LogP contribution in [-0.4, -0.2) is 0 Å². The zero-order valence-corrected chi connectivity index (χ0v) is 9.18. The molecule has 0 N–H and O–H groups in total. The van der Waals surface area contributed by atoms with Gasteiger partial charge in [-0.15, -0.1) is 0 Å². The molecule has 0 aromatic carbocycles. The SMILES string of the molecule is CC1=[C-]C=CC1.CC1=[C-]C=CC1.[Fe+2]. The predicted octanol–water partition coefficient (Wildman–Crippen LogP) is 3.39. The van der Waals surface area contributed by atoms with Crippen LogP contribution < -0.4 is 0 Å². The van der Waals surface area contributed by atoms with Crippen molar-refractivity contribution in [3.8, 4) is 0 Å². The molecule has 2 rings (SSSR count). The van der Waals surface area contributed by atoms with E-state index in [4.69, 9.17) is 0 Å². The molecule has 0 saturated heterocycles. The minimum Gasteiger partial charge on any atom is -0.253 e. The summed E-state index contributed by atoms with van der Waals surface area (Å²) in [4.78, 5) is 0. The normalized spacial score (nSPS) is 17.1. The molecule has 0 radical (unpaired) electrons. The monoisotopic (exact) mass is 214 g/mol. The van der Waals surface area contributed by atoms with Crippen LogP contribution in [0.4, 0.5) is 0 Å². The first kappa shape index (κ1) is 12.5. The van der Waals surface area contributed by atoms with Gasteiger partial charge in [-0.1, -0.05) is 26.7 Å². The molecule has 2 aliphatic rings. The second kappa shape index (κ2) is 6.94. The third kappa shape index (κ3) is 5.68. The zero-order valence-electron chi connectivity index (χ0n) is 8.08. The van der Waals surface area contributed by atoms with Crippen LogP contribution in [0.3, 0.4) is 0 Å². The Morgan fingerprint density at radius 2 is 1.31 bits per heavy atom. The first-order chi connectivity index (χ1) is 5.79. The predicted molar refractivity (Wildman–Crippen MR) is 52.4 cm³/mol. The summed E-state index contributed by atoms with van der Waals surface area (Å²) in [6.45, 7) is 4.17. The van der Waals surface area contributed by atoms with E-state index >= 15 is 0 Å². The molecule has 0 heterocycles. The van der Waals surface area contributed by atoms with Crippen molar-refractivity contribution in [2.24, 2.45) is 0 Å². The Morgan fingerprint density at radius 3 is 1.38 bits per heavy atom. The standard InChI is InChI=1S/2C6H7.Fe/c2*1-6-4-2-3-5-6;/h2*2-3H,4H2,1H3;/q2*-1;+2. The van der Waals surface area contributed by atoms with E-state index in [1.165, 1.54) is 11.1 Å². The van der Waals surface area contributed by atoms with Gasteiger partial charge in [0, 0.05) is 0 Å². The molecule has 0 fully saturated rings. The molecule has 0 spiro atoms. The maximum Gasteiger partial charge on any atom is 2.00 e. The van der Waals surface area contributed by atoms with E-state index in [1.54, 1.807) is 0 Å². The van der Waals surface area contributed by atoms with Gasteiger partial charge < -0.3 is 0 Å². The van der Waals surface area contributed by atoms with Gasteiger partial charge in [0.25, 0.3) is 0 Å². The topological polar surface area (TPSA) is 0 Å². The minimum absolute atomic E-state index is 0. The molecular weight excluding hydrogens is 200 g/mol. The van der Waals surface area contributed by atoms with Crippen LogP contribution in [0.15, 0.2) is 35.5 Å². The maximum absolute atomic E-state index is 3.06. The molecular formula is C12H14Fe. The summed E-state index contributed by atoms with van der Waals surface area (Å²) in [7, 11) is 0. The average Bonchev–Trinajstić information content (AvgIpc) is 2.63. The quantitative estimate of drug-likeness (QED) is 0.428. The number of hydrogen-bond donors (Lipinski definition) is 0. The molecule has 0 bridgehead atoms. The van der Waals surface area contributed by atoms with E-state index in [2.05, 4.69) is 38.2 Å². The van der Waals surface area contributed by atoms with Crippen LogP contribution in [0.1, 0.15) is 26.7 Å². The second-order valence-electron chi connectivity index (χ2n) is 3.06. The van der Waals surface area contributed by atoms with E-state index in [-0.39, 0.29) is 17.1 Å². The van der Waals surface area contributed by atoms with Crippen molar-refractivity contribution in [1.82, 2.24) is 0 Å². The molecule has 0 saturated carbocycles. The molecule has 0 aromatic heterocycles. The molecule has 0 aliphatic heterocycles. The van der Waals surface area contributed by atoms with Gasteiger partial charge in [0.15, 0.2) is 0 Å². The molecule has 13 heavy (non-hydrogen) atoms. The maximum atomic E-state index is 3.06. The van der Waals surface area contributed by atoms with E-state index in [9.17, 15) is 0 Å². The third-order valence-electron chi connectivity index (χ3n) is 1.74. The van der Waals surface area contributed by atoms with Crippen molar-refractivity contribution >= 4 is 0 Å². The summed E-state index contributed by atoms with van der Waals surface area (Å²) in [6.07, 6.45) is 16.5. The molecule has 0 nitrogen and oxygen atoms in total. The van der Waals surface area contributed by atoms with Gasteiger partial charge in [-0.2, -0.15) is 11.1 Å². The van der Waals surface area contributed by atoms with Crippen molar-refractivity contribution in [3.05, 3.63) is 47.6 Å². The first-order valence-electron chi connectivity index (χ1n) is 4.27. The van der Waals surface area contributed by atoms with Crippen LogP contribution in [0.2, 0.25) is 0 Å².